The number of nitrogen functional groups attached to an aromatic ring is 1. The van der Waals surface area contributed by atoms with E-state index in [1.165, 1.54) is 0 Å². The van der Waals surface area contributed by atoms with E-state index in [0.717, 1.165) is 11.4 Å². The fraction of sp³-hybridized carbons (Fsp3) is 0.286. The maximum absolute atomic E-state index is 5.79. The van der Waals surface area contributed by atoms with Gasteiger partial charge in [0.2, 0.25) is 0 Å². The third-order valence-corrected chi connectivity index (χ3v) is 2.69. The highest BCUT2D eigenvalue weighted by Crippen LogP contribution is 2.26. The molecule has 0 aliphatic heterocycles. The Morgan fingerprint density at radius 3 is 2.75 bits per heavy atom. The molecule has 1 heterocycles. The number of methoxy groups -OCH3 is 2. The molecule has 2 rings (SSSR count). The summed E-state index contributed by atoms with van der Waals surface area (Å²) in [6.07, 6.45) is 0.613. The summed E-state index contributed by atoms with van der Waals surface area (Å²) in [6.45, 7) is 0.553. The zero-order valence-electron chi connectivity index (χ0n) is 11.6. The molecule has 3 N–H and O–H groups in total. The lowest BCUT2D eigenvalue weighted by atomic mass is 10.3. The third-order valence-electron chi connectivity index (χ3n) is 2.69. The number of aromatic nitrogens is 2. The lowest BCUT2D eigenvalue weighted by molar-refractivity contribution is 0.200. The number of hydrogen-bond donors (Lipinski definition) is 2. The summed E-state index contributed by atoms with van der Waals surface area (Å²) in [5, 5.41) is 3.18. The van der Waals surface area contributed by atoms with Gasteiger partial charge in [-0.1, -0.05) is 12.1 Å². The van der Waals surface area contributed by atoms with Crippen molar-refractivity contribution in [2.45, 2.75) is 6.42 Å². The lowest BCUT2D eigenvalue weighted by Gasteiger charge is -2.11. The monoisotopic (exact) mass is 274 g/mol. The van der Waals surface area contributed by atoms with E-state index < -0.39 is 0 Å². The number of anilines is 3. The van der Waals surface area contributed by atoms with Crippen molar-refractivity contribution in [2.24, 2.45) is 0 Å². The number of hydrogen-bond acceptors (Lipinski definition) is 6. The third kappa shape index (κ3) is 3.58. The van der Waals surface area contributed by atoms with Crippen LogP contribution in [-0.2, 0) is 11.2 Å². The highest BCUT2D eigenvalue weighted by Gasteiger charge is 2.06. The van der Waals surface area contributed by atoms with Crippen molar-refractivity contribution in [3.05, 3.63) is 36.2 Å². The number of ether oxygens (including phenoxy) is 2. The second-order valence-corrected chi connectivity index (χ2v) is 4.16. The number of nitrogens with one attached hydrogen (secondary N) is 1. The van der Waals surface area contributed by atoms with Crippen molar-refractivity contribution in [1.29, 1.82) is 0 Å². The van der Waals surface area contributed by atoms with Gasteiger partial charge >= 0.3 is 0 Å². The molecule has 0 unspecified atom stereocenters. The first-order valence-electron chi connectivity index (χ1n) is 6.25. The largest absolute Gasteiger partial charge is 0.495 e. The summed E-state index contributed by atoms with van der Waals surface area (Å²) in [5.74, 6) is 2.43. The minimum absolute atomic E-state index is 0.420. The Hall–Kier alpha value is -2.34. The number of benzene rings is 1. The highest BCUT2D eigenvalue weighted by molar-refractivity contribution is 5.65. The first kappa shape index (κ1) is 14.1. The predicted octanol–water partition coefficient (Wildman–Crippen LogP) is 2.00. The second kappa shape index (κ2) is 6.72. The van der Waals surface area contributed by atoms with Crippen LogP contribution in [0.2, 0.25) is 0 Å². The van der Waals surface area contributed by atoms with E-state index in [1.54, 1.807) is 20.3 Å². The molecule has 6 nitrogen and oxygen atoms in total. The summed E-state index contributed by atoms with van der Waals surface area (Å²) in [7, 11) is 3.26. The van der Waals surface area contributed by atoms with Gasteiger partial charge in [0.15, 0.2) is 0 Å². The van der Waals surface area contributed by atoms with Gasteiger partial charge < -0.3 is 20.5 Å². The van der Waals surface area contributed by atoms with Crippen molar-refractivity contribution < 1.29 is 9.47 Å². The standard InChI is InChI=1S/C14H18N4O2/c1-19-8-7-13-17-12(15)9-14(18-13)16-10-5-3-4-6-11(10)20-2/h3-6,9H,7-8H2,1-2H3,(H3,15,16,17,18). The van der Waals surface area contributed by atoms with Gasteiger partial charge in [-0.25, -0.2) is 9.97 Å². The van der Waals surface area contributed by atoms with E-state index in [1.807, 2.05) is 24.3 Å². The molecule has 1 aromatic carbocycles. The molecule has 20 heavy (non-hydrogen) atoms. The van der Waals surface area contributed by atoms with E-state index in [-0.39, 0.29) is 0 Å². The van der Waals surface area contributed by atoms with Crippen LogP contribution in [0.1, 0.15) is 5.82 Å². The Morgan fingerprint density at radius 2 is 2.00 bits per heavy atom. The Morgan fingerprint density at radius 1 is 1.20 bits per heavy atom. The van der Waals surface area contributed by atoms with Crippen LogP contribution in [0.25, 0.3) is 0 Å². The van der Waals surface area contributed by atoms with Gasteiger partial charge in [-0.05, 0) is 12.1 Å². The van der Waals surface area contributed by atoms with Gasteiger partial charge in [-0.15, -0.1) is 0 Å². The fourth-order valence-electron chi connectivity index (χ4n) is 1.77. The minimum atomic E-state index is 0.420. The molecule has 106 valence electrons. The van der Waals surface area contributed by atoms with Gasteiger partial charge in [-0.2, -0.15) is 0 Å². The van der Waals surface area contributed by atoms with Crippen molar-refractivity contribution in [1.82, 2.24) is 9.97 Å². The number of rotatable bonds is 6. The Kier molecular flexibility index (Phi) is 4.73. The van der Waals surface area contributed by atoms with Crippen molar-refractivity contribution in [2.75, 3.05) is 31.9 Å². The lowest BCUT2D eigenvalue weighted by Crippen LogP contribution is -2.06. The minimum Gasteiger partial charge on any atom is -0.495 e. The molecule has 0 aliphatic rings. The highest BCUT2D eigenvalue weighted by atomic mass is 16.5. The smallest absolute Gasteiger partial charge is 0.142 e. The molecule has 0 spiro atoms. The van der Waals surface area contributed by atoms with Gasteiger partial charge in [0.25, 0.3) is 0 Å². The summed E-state index contributed by atoms with van der Waals surface area (Å²) in [4.78, 5) is 8.57. The zero-order valence-corrected chi connectivity index (χ0v) is 11.6. The van der Waals surface area contributed by atoms with Crippen molar-refractivity contribution in [3.63, 3.8) is 0 Å². The average Bonchev–Trinajstić information content (AvgIpc) is 2.45. The van der Waals surface area contributed by atoms with Crippen molar-refractivity contribution >= 4 is 17.3 Å². The van der Waals surface area contributed by atoms with Crippen LogP contribution in [-0.4, -0.2) is 30.8 Å². The summed E-state index contributed by atoms with van der Waals surface area (Å²) in [6, 6.07) is 9.29. The van der Waals surface area contributed by atoms with Crippen LogP contribution < -0.4 is 15.8 Å². The zero-order chi connectivity index (χ0) is 14.4. The first-order chi connectivity index (χ1) is 9.72. The molecule has 0 fully saturated rings. The van der Waals surface area contributed by atoms with Crippen molar-refractivity contribution in [3.8, 4) is 5.75 Å². The van der Waals surface area contributed by atoms with Gasteiger partial charge in [0, 0.05) is 19.6 Å². The first-order valence-corrected chi connectivity index (χ1v) is 6.25. The van der Waals surface area contributed by atoms with Crippen LogP contribution >= 0.6 is 0 Å². The molecule has 0 amide bonds. The Balaban J connectivity index is 2.22. The molecular weight excluding hydrogens is 256 g/mol. The molecular formula is C14H18N4O2. The van der Waals surface area contributed by atoms with Crippen LogP contribution in [0.15, 0.2) is 30.3 Å². The molecule has 1 aromatic heterocycles. The predicted molar refractivity (Wildman–Crippen MR) is 78.3 cm³/mol. The fourth-order valence-corrected chi connectivity index (χ4v) is 1.77. The van der Waals surface area contributed by atoms with E-state index >= 15 is 0 Å². The quantitative estimate of drug-likeness (QED) is 0.838. The van der Waals surface area contributed by atoms with Crippen LogP contribution in [0.3, 0.4) is 0 Å². The van der Waals surface area contributed by atoms with E-state index in [2.05, 4.69) is 15.3 Å². The number of para-hydroxylation sites is 2. The number of nitrogens with zero attached hydrogens (tertiary/aromatic N) is 2. The number of nitrogens with two attached hydrogens (primary N) is 1. The maximum atomic E-state index is 5.79. The summed E-state index contributed by atoms with van der Waals surface area (Å²) < 4.78 is 10.3. The average molecular weight is 274 g/mol. The van der Waals surface area contributed by atoms with Crippen LogP contribution in [0, 0.1) is 0 Å². The summed E-state index contributed by atoms with van der Waals surface area (Å²) in [5.41, 5.74) is 6.62. The maximum Gasteiger partial charge on any atom is 0.142 e. The van der Waals surface area contributed by atoms with E-state index in [0.29, 0.717) is 30.5 Å². The topological polar surface area (TPSA) is 82.3 Å². The Labute approximate surface area is 118 Å². The van der Waals surface area contributed by atoms with Crippen LogP contribution in [0.5, 0.6) is 5.75 Å². The molecule has 0 aliphatic carbocycles. The SMILES string of the molecule is COCCc1nc(N)cc(Nc2ccccc2OC)n1. The van der Waals surface area contributed by atoms with E-state index in [4.69, 9.17) is 15.2 Å². The normalized spacial score (nSPS) is 10.3. The van der Waals surface area contributed by atoms with Gasteiger partial charge in [0.05, 0.1) is 19.4 Å². The molecule has 0 radical (unpaired) electrons. The molecule has 6 heteroatoms. The molecule has 0 bridgehead atoms. The molecule has 0 saturated carbocycles. The molecule has 0 atom stereocenters. The van der Waals surface area contributed by atoms with Crippen LogP contribution in [0.4, 0.5) is 17.3 Å². The molecule has 0 saturated heterocycles. The van der Waals surface area contributed by atoms with Gasteiger partial charge in [-0.3, -0.25) is 0 Å². The van der Waals surface area contributed by atoms with Gasteiger partial charge in [0.1, 0.15) is 23.2 Å². The second-order valence-electron chi connectivity index (χ2n) is 4.16. The van der Waals surface area contributed by atoms with E-state index in [9.17, 15) is 0 Å². The Bertz CT molecular complexity index is 575. The molecule has 2 aromatic rings. The summed E-state index contributed by atoms with van der Waals surface area (Å²) >= 11 is 0.